The van der Waals surface area contributed by atoms with Crippen LogP contribution in [0.15, 0.2) is 70.7 Å². The summed E-state index contributed by atoms with van der Waals surface area (Å²) in [6.45, 7) is 3.83. The van der Waals surface area contributed by atoms with Crippen LogP contribution in [-0.2, 0) is 4.79 Å². The summed E-state index contributed by atoms with van der Waals surface area (Å²) in [6.07, 6.45) is 1.44. The molecule has 0 bridgehead atoms. The first-order chi connectivity index (χ1) is 13.5. The molecule has 1 heterocycles. The van der Waals surface area contributed by atoms with Crippen LogP contribution in [0.1, 0.15) is 29.9 Å². The number of amides is 1. The Bertz CT molecular complexity index is 1060. The van der Waals surface area contributed by atoms with E-state index in [1.165, 1.54) is 6.08 Å². The molecule has 0 aliphatic rings. The van der Waals surface area contributed by atoms with Gasteiger partial charge in [-0.15, -0.1) is 0 Å². The van der Waals surface area contributed by atoms with Crippen LogP contribution < -0.4 is 5.32 Å². The van der Waals surface area contributed by atoms with E-state index in [1.807, 2.05) is 68.4 Å². The summed E-state index contributed by atoms with van der Waals surface area (Å²) in [6, 6.07) is 20.4. The molecule has 1 amide bonds. The predicted molar refractivity (Wildman–Crippen MR) is 110 cm³/mol. The largest absolute Gasteiger partial charge is 0.457 e. The van der Waals surface area contributed by atoms with Gasteiger partial charge in [0.25, 0.3) is 5.91 Å². The Hall–Kier alpha value is -3.29. The third-order valence-electron chi connectivity index (χ3n) is 4.39. The minimum absolute atomic E-state index is 0.0218. The monoisotopic (exact) mass is 390 g/mol. The van der Waals surface area contributed by atoms with Gasteiger partial charge < -0.3 is 9.73 Å². The van der Waals surface area contributed by atoms with E-state index in [4.69, 9.17) is 16.0 Å². The summed E-state index contributed by atoms with van der Waals surface area (Å²) in [4.78, 5) is 12.5. The van der Waals surface area contributed by atoms with E-state index < -0.39 is 5.91 Å². The number of nitriles is 1. The van der Waals surface area contributed by atoms with Crippen LogP contribution in [0.25, 0.3) is 17.4 Å². The molecule has 0 aliphatic heterocycles. The average Bonchev–Trinajstić information content (AvgIpc) is 3.17. The Balaban J connectivity index is 1.79. The van der Waals surface area contributed by atoms with Crippen LogP contribution in [0.5, 0.6) is 0 Å². The molecule has 140 valence electrons. The van der Waals surface area contributed by atoms with Gasteiger partial charge in [-0.05, 0) is 49.2 Å². The second-order valence-corrected chi connectivity index (χ2v) is 6.87. The number of carbonyl (C=O) groups is 1. The number of aryl methyl sites for hydroxylation is 1. The number of hydrogen-bond donors (Lipinski definition) is 1. The maximum atomic E-state index is 12.5. The van der Waals surface area contributed by atoms with Crippen molar-refractivity contribution in [1.82, 2.24) is 5.32 Å². The predicted octanol–water partition coefficient (Wildman–Crippen LogP) is 5.69. The van der Waals surface area contributed by atoms with E-state index in [1.54, 1.807) is 12.1 Å². The molecule has 4 nitrogen and oxygen atoms in total. The zero-order valence-corrected chi connectivity index (χ0v) is 16.3. The van der Waals surface area contributed by atoms with Crippen LogP contribution in [0.3, 0.4) is 0 Å². The molecule has 0 saturated carbocycles. The lowest BCUT2D eigenvalue weighted by Crippen LogP contribution is -2.27. The maximum absolute atomic E-state index is 12.5. The topological polar surface area (TPSA) is 66.0 Å². The summed E-state index contributed by atoms with van der Waals surface area (Å²) >= 11 is 6.07. The number of carbonyl (C=O) groups excluding carboxylic acids is 1. The lowest BCUT2D eigenvalue weighted by molar-refractivity contribution is -0.117. The van der Waals surface area contributed by atoms with E-state index in [-0.39, 0.29) is 11.6 Å². The molecular formula is C23H19ClN2O2. The van der Waals surface area contributed by atoms with E-state index >= 15 is 0 Å². The minimum atomic E-state index is -0.448. The normalized spacial score (nSPS) is 12.3. The molecule has 1 aromatic heterocycles. The van der Waals surface area contributed by atoms with Gasteiger partial charge in [0.15, 0.2) is 0 Å². The number of halogens is 1. The lowest BCUT2D eigenvalue weighted by atomic mass is 10.1. The van der Waals surface area contributed by atoms with Gasteiger partial charge in [0, 0.05) is 16.7 Å². The van der Waals surface area contributed by atoms with Crippen LogP contribution in [0.4, 0.5) is 0 Å². The molecule has 0 fully saturated rings. The summed E-state index contributed by atoms with van der Waals surface area (Å²) in [5.74, 6) is 0.603. The molecule has 0 unspecified atom stereocenters. The van der Waals surface area contributed by atoms with Crippen LogP contribution >= 0.6 is 11.6 Å². The molecule has 28 heavy (non-hydrogen) atoms. The SMILES string of the molecule is Cc1ccc(Cl)cc1-c1ccc(/C=C(/C#N)C(=O)N[C@@H](C)c2ccccc2)o1. The third-order valence-corrected chi connectivity index (χ3v) is 4.63. The van der Waals surface area contributed by atoms with Gasteiger partial charge in [-0.25, -0.2) is 0 Å². The van der Waals surface area contributed by atoms with Crippen LogP contribution in [0, 0.1) is 18.3 Å². The van der Waals surface area contributed by atoms with Crippen LogP contribution in [0.2, 0.25) is 5.02 Å². The molecule has 0 aliphatic carbocycles. The van der Waals surface area contributed by atoms with Crippen molar-refractivity contribution in [3.63, 3.8) is 0 Å². The van der Waals surface area contributed by atoms with Gasteiger partial charge in [-0.1, -0.05) is 48.0 Å². The van der Waals surface area contributed by atoms with Crippen LogP contribution in [-0.4, -0.2) is 5.91 Å². The van der Waals surface area contributed by atoms with E-state index in [2.05, 4.69) is 5.32 Å². The quantitative estimate of drug-likeness (QED) is 0.449. The highest BCUT2D eigenvalue weighted by atomic mass is 35.5. The Morgan fingerprint density at radius 3 is 2.64 bits per heavy atom. The van der Waals surface area contributed by atoms with Crippen molar-refractivity contribution in [1.29, 1.82) is 5.26 Å². The van der Waals surface area contributed by atoms with Crippen molar-refractivity contribution in [3.8, 4) is 17.4 Å². The highest BCUT2D eigenvalue weighted by molar-refractivity contribution is 6.30. The summed E-state index contributed by atoms with van der Waals surface area (Å²) in [7, 11) is 0. The first-order valence-corrected chi connectivity index (χ1v) is 9.19. The van der Waals surface area contributed by atoms with E-state index in [0.717, 1.165) is 16.7 Å². The molecule has 0 saturated heterocycles. The molecule has 3 aromatic rings. The number of nitrogens with one attached hydrogen (secondary N) is 1. The van der Waals surface area contributed by atoms with Crippen molar-refractivity contribution in [2.24, 2.45) is 0 Å². The van der Waals surface area contributed by atoms with Gasteiger partial charge in [-0.3, -0.25) is 4.79 Å². The summed E-state index contributed by atoms with van der Waals surface area (Å²) in [5, 5.41) is 12.9. The Morgan fingerprint density at radius 1 is 1.18 bits per heavy atom. The minimum Gasteiger partial charge on any atom is -0.457 e. The molecule has 0 spiro atoms. The number of nitrogens with zero attached hydrogens (tertiary/aromatic N) is 1. The summed E-state index contributed by atoms with van der Waals surface area (Å²) < 4.78 is 5.81. The Labute approximate surface area is 169 Å². The Morgan fingerprint density at radius 2 is 1.93 bits per heavy atom. The van der Waals surface area contributed by atoms with Crippen molar-refractivity contribution in [2.45, 2.75) is 19.9 Å². The number of furan rings is 1. The molecule has 2 aromatic carbocycles. The maximum Gasteiger partial charge on any atom is 0.262 e. The molecule has 5 heteroatoms. The average molecular weight is 391 g/mol. The van der Waals surface area contributed by atoms with Gasteiger partial charge >= 0.3 is 0 Å². The summed E-state index contributed by atoms with van der Waals surface area (Å²) in [5.41, 5.74) is 2.83. The first kappa shape index (κ1) is 19.5. The standard InChI is InChI=1S/C23H19ClN2O2/c1-15-8-9-19(24)13-21(15)22-11-10-20(28-22)12-18(14-25)23(27)26-16(2)17-6-4-3-5-7-17/h3-13,16H,1-2H3,(H,26,27)/b18-12-/t16-/m0/s1. The van der Waals surface area contributed by atoms with Gasteiger partial charge in [0.2, 0.25) is 0 Å². The molecule has 1 atom stereocenters. The molecule has 1 N–H and O–H groups in total. The van der Waals surface area contributed by atoms with Gasteiger partial charge in [-0.2, -0.15) is 5.26 Å². The fourth-order valence-corrected chi connectivity index (χ4v) is 3.00. The zero-order chi connectivity index (χ0) is 20.1. The number of rotatable bonds is 5. The second-order valence-electron chi connectivity index (χ2n) is 6.44. The second kappa shape index (κ2) is 8.60. The highest BCUT2D eigenvalue weighted by Gasteiger charge is 2.15. The van der Waals surface area contributed by atoms with Gasteiger partial charge in [0.1, 0.15) is 23.2 Å². The van der Waals surface area contributed by atoms with Crippen molar-refractivity contribution in [3.05, 3.63) is 88.1 Å². The van der Waals surface area contributed by atoms with Gasteiger partial charge in [0.05, 0.1) is 6.04 Å². The van der Waals surface area contributed by atoms with E-state index in [0.29, 0.717) is 16.5 Å². The van der Waals surface area contributed by atoms with Crippen molar-refractivity contribution >= 4 is 23.6 Å². The van der Waals surface area contributed by atoms with E-state index in [9.17, 15) is 10.1 Å². The fourth-order valence-electron chi connectivity index (χ4n) is 2.83. The first-order valence-electron chi connectivity index (χ1n) is 8.82. The Kier molecular flexibility index (Phi) is 5.98. The number of benzene rings is 2. The third kappa shape index (κ3) is 4.51. The molecular weight excluding hydrogens is 372 g/mol. The van der Waals surface area contributed by atoms with Crippen molar-refractivity contribution < 1.29 is 9.21 Å². The molecule has 3 rings (SSSR count). The fraction of sp³-hybridized carbons (Fsp3) is 0.130. The zero-order valence-electron chi connectivity index (χ0n) is 15.6. The number of hydrogen-bond acceptors (Lipinski definition) is 3. The lowest BCUT2D eigenvalue weighted by Gasteiger charge is -2.13. The van der Waals surface area contributed by atoms with Crippen molar-refractivity contribution in [2.75, 3.05) is 0 Å². The highest BCUT2D eigenvalue weighted by Crippen LogP contribution is 2.29. The smallest absolute Gasteiger partial charge is 0.262 e. The molecule has 0 radical (unpaired) electrons.